The van der Waals surface area contributed by atoms with Crippen LogP contribution in [-0.4, -0.2) is 226 Å². The van der Waals surface area contributed by atoms with Gasteiger partial charge in [-0.1, -0.05) is 157 Å². The topological polar surface area (TPSA) is 487 Å². The normalized spacial score (nSPS) is 28.7. The number of benzene rings is 5. The highest BCUT2D eigenvalue weighted by Gasteiger charge is 2.57. The molecule has 34 heteroatoms. The second kappa shape index (κ2) is 37.9. The lowest BCUT2D eigenvalue weighted by Crippen LogP contribution is -2.70. The predicted octanol–water partition coefficient (Wildman–Crippen LogP) is 1.16. The van der Waals surface area contributed by atoms with Crippen LogP contribution in [-0.2, 0) is 89.9 Å². The molecule has 9 rings (SSSR count). The second-order valence-electron chi connectivity index (χ2n) is 23.8. The molecule has 0 spiro atoms. The van der Waals surface area contributed by atoms with Crippen molar-refractivity contribution in [2.75, 3.05) is 26.2 Å². The fraction of sp³-hybridized carbons (Fsp3) is 0.463. The summed E-state index contributed by atoms with van der Waals surface area (Å²) in [5.74, 6) is -1.14. The van der Waals surface area contributed by atoms with Crippen LogP contribution >= 0.6 is 0 Å². The summed E-state index contributed by atoms with van der Waals surface area (Å²) in [6.45, 7) is -3.66. The molecule has 0 aromatic heterocycles. The maximum atomic E-state index is 14.1. The monoisotopic (exact) mass is 1410 g/mol. The molecule has 1 aliphatic carbocycles. The molecule has 14 N–H and O–H groups in total. The Balaban J connectivity index is 1.02. The van der Waals surface area contributed by atoms with Crippen LogP contribution in [0.3, 0.4) is 0 Å². The summed E-state index contributed by atoms with van der Waals surface area (Å²) in [6.07, 6.45) is -37.2. The molecule has 5 aromatic rings. The molecule has 3 heterocycles. The number of alkyl carbamates (subject to hydrolysis) is 5. The van der Waals surface area contributed by atoms with Gasteiger partial charge in [-0.2, -0.15) is 0 Å². The minimum atomic E-state index is -2.15. The minimum Gasteiger partial charge on any atom is -0.445 e. The fourth-order valence-corrected chi connectivity index (χ4v) is 11.4. The highest BCUT2D eigenvalue weighted by molar-refractivity contribution is 5.81. The smallest absolute Gasteiger partial charge is 0.407 e. The summed E-state index contributed by atoms with van der Waals surface area (Å²) in [7, 11) is 0. The Bertz CT molecular complexity index is 3470. The van der Waals surface area contributed by atoms with Gasteiger partial charge in [-0.15, -0.1) is 0 Å². The number of rotatable bonds is 29. The van der Waals surface area contributed by atoms with Crippen LogP contribution in [0.15, 0.2) is 157 Å². The zero-order valence-electron chi connectivity index (χ0n) is 54.1. The van der Waals surface area contributed by atoms with Gasteiger partial charge in [-0.05, 0) is 46.2 Å². The van der Waals surface area contributed by atoms with Crippen molar-refractivity contribution in [2.45, 2.75) is 168 Å². The zero-order chi connectivity index (χ0) is 71.8. The Hall–Kier alpha value is -9.33. The van der Waals surface area contributed by atoms with Gasteiger partial charge in [0.25, 0.3) is 0 Å². The number of nitrogens with one attached hydrogen (secondary N) is 6. The molecule has 0 unspecified atom stereocenters. The number of aliphatic hydroxyl groups excluding tert-OH is 8. The van der Waals surface area contributed by atoms with E-state index in [1.54, 1.807) is 152 Å². The van der Waals surface area contributed by atoms with Gasteiger partial charge in [0.15, 0.2) is 18.9 Å². The zero-order valence-corrected chi connectivity index (χ0v) is 54.1. The number of nitrogens with zero attached hydrogens (tertiary/aromatic N) is 3. The highest BCUT2D eigenvalue weighted by atomic mass is 16.8. The van der Waals surface area contributed by atoms with Gasteiger partial charge in [0, 0.05) is 18.0 Å². The minimum absolute atomic E-state index is 0.0923. The van der Waals surface area contributed by atoms with Crippen molar-refractivity contribution >= 4 is 36.4 Å². The molecule has 1 saturated carbocycles. The fourth-order valence-electron chi connectivity index (χ4n) is 11.4. The van der Waals surface area contributed by atoms with Crippen molar-refractivity contribution in [1.82, 2.24) is 31.9 Å². The van der Waals surface area contributed by atoms with E-state index >= 15 is 0 Å². The van der Waals surface area contributed by atoms with Crippen molar-refractivity contribution in [3.8, 4) is 0 Å². The van der Waals surface area contributed by atoms with E-state index in [0.29, 0.717) is 27.8 Å². The van der Waals surface area contributed by atoms with Crippen molar-refractivity contribution in [2.24, 2.45) is 5.11 Å². The third-order valence-corrected chi connectivity index (χ3v) is 16.7. The van der Waals surface area contributed by atoms with E-state index in [-0.39, 0.29) is 39.6 Å². The predicted molar refractivity (Wildman–Crippen MR) is 345 cm³/mol. The molecule has 34 nitrogen and oxygen atoms in total. The van der Waals surface area contributed by atoms with Crippen LogP contribution < -0.4 is 31.9 Å². The SMILES string of the molecule is [N-]=[N+]=NC[C@H]1O[C@H](O[C@H]2[C@H](O[C@@H]3O[C@H](CO)[C@@H](O[C@H]4O[C@@H](CNC(=O)OCc5ccccc5)[C@@H](O)[C@H](O)[C@H]4NC(=O)OCc4ccccc4)[C@H]3O)[C@@H](O)[C@H](NC(=O)[C@@H](O)CCNC(=O)OCc3ccccc3)C[C@@H]2NC(=O)OCc2ccccc2)[C@H](NC(=O)OCc2ccccc2)[C@@H](O)[C@@H]1O. The molecule has 20 atom stereocenters. The van der Waals surface area contributed by atoms with Crippen LogP contribution in [0.1, 0.15) is 40.7 Å². The van der Waals surface area contributed by atoms with E-state index in [1.807, 2.05) is 0 Å². The number of carbonyl (C=O) groups is 6. The highest BCUT2D eigenvalue weighted by Crippen LogP contribution is 2.36. The second-order valence-corrected chi connectivity index (χ2v) is 23.8. The standard InChI is InChI=1S/C67H81N9O25/c68-76-71-30-46-52(81)54(83)48(74-66(89)94-35-40-22-12-4-13-23-40)60(97-46)99-56-43(73-65(88)93-34-39-20-10-3-11-21-39)28-42(72-59(85)44(78)26-27-69-63(86)91-32-37-16-6-1-7-17-37)50(79)58(56)101-62-55(84)57(47(31-77)98-62)100-61-49(75-67(90)95-36-41-24-14-5-15-25-41)53(82)51(80)45(96-61)29-70-64(87)92-33-38-18-8-2-9-19-38/h1-25,42-58,60-62,77-84H,26-36H2,(H,69,86)(H,70,87)(H,72,85)(H,73,88)(H,74,89)(H,75,90)/t42-,43+,44+,45+,46-,47-,48-,49-,50+,51-,52-,53-,54-,55-,56-,57-,58-,60-,61-,62+/m1/s1. The lowest BCUT2D eigenvalue weighted by Gasteiger charge is -2.49. The first-order valence-corrected chi connectivity index (χ1v) is 32.3. The van der Waals surface area contributed by atoms with Gasteiger partial charge >= 0.3 is 30.5 Å². The number of azide groups is 1. The molecule has 5 aromatic carbocycles. The molecular formula is C67H81N9O25. The average molecular weight is 1410 g/mol. The first-order chi connectivity index (χ1) is 48.8. The molecule has 101 heavy (non-hydrogen) atoms. The quantitative estimate of drug-likeness (QED) is 0.0138. The molecule has 3 saturated heterocycles. The van der Waals surface area contributed by atoms with E-state index in [2.05, 4.69) is 41.9 Å². The van der Waals surface area contributed by atoms with Crippen LogP contribution in [0.4, 0.5) is 24.0 Å². The first-order valence-electron chi connectivity index (χ1n) is 32.3. The van der Waals surface area contributed by atoms with Gasteiger partial charge in [0.2, 0.25) is 5.91 Å². The molecule has 4 fully saturated rings. The molecular weight excluding hydrogens is 1330 g/mol. The molecule has 4 aliphatic rings. The van der Waals surface area contributed by atoms with Crippen molar-refractivity contribution in [3.63, 3.8) is 0 Å². The van der Waals surface area contributed by atoms with Gasteiger partial charge in [0.1, 0.15) is 118 Å². The van der Waals surface area contributed by atoms with Crippen molar-refractivity contribution in [1.29, 1.82) is 0 Å². The van der Waals surface area contributed by atoms with Crippen LogP contribution in [0.2, 0.25) is 0 Å². The number of aliphatic hydroxyl groups is 8. The molecule has 544 valence electrons. The number of carbonyl (C=O) groups excluding carboxylic acids is 6. The Morgan fingerprint density at radius 1 is 0.455 bits per heavy atom. The van der Waals surface area contributed by atoms with E-state index < -0.39 is 191 Å². The lowest BCUT2D eigenvalue weighted by atomic mass is 9.83. The summed E-state index contributed by atoms with van der Waals surface area (Å²) >= 11 is 0. The van der Waals surface area contributed by atoms with E-state index in [1.165, 1.54) is 0 Å². The van der Waals surface area contributed by atoms with Crippen molar-refractivity contribution < 1.29 is 122 Å². The number of amides is 6. The van der Waals surface area contributed by atoms with E-state index in [9.17, 15) is 75.2 Å². The molecule has 3 aliphatic heterocycles. The Labute approximate surface area is 577 Å². The third kappa shape index (κ3) is 21.8. The largest absolute Gasteiger partial charge is 0.445 e. The number of hydrogen-bond donors (Lipinski definition) is 14. The molecule has 0 bridgehead atoms. The molecule has 6 amide bonds. The number of hydrogen-bond acceptors (Lipinski definition) is 26. The summed E-state index contributed by atoms with van der Waals surface area (Å²) in [5, 5.41) is 112. The number of ether oxygens (including phenoxy) is 11. The Morgan fingerprint density at radius 2 is 0.851 bits per heavy atom. The summed E-state index contributed by atoms with van der Waals surface area (Å²) < 4.78 is 64.9. The van der Waals surface area contributed by atoms with Crippen LogP contribution in [0, 0.1) is 0 Å². The maximum absolute atomic E-state index is 14.1. The lowest BCUT2D eigenvalue weighted by molar-refractivity contribution is -0.310. The van der Waals surface area contributed by atoms with Gasteiger partial charge in [-0.25, -0.2) is 24.0 Å². The van der Waals surface area contributed by atoms with Crippen LogP contribution in [0.5, 0.6) is 0 Å². The summed E-state index contributed by atoms with van der Waals surface area (Å²) in [4.78, 5) is 83.7. The average Bonchev–Trinajstić information content (AvgIpc) is 1.75. The maximum Gasteiger partial charge on any atom is 0.407 e. The third-order valence-electron chi connectivity index (χ3n) is 16.7. The Kier molecular flexibility index (Phi) is 28.5. The van der Waals surface area contributed by atoms with Gasteiger partial charge in [-0.3, -0.25) is 4.79 Å². The Morgan fingerprint density at radius 3 is 1.31 bits per heavy atom. The summed E-state index contributed by atoms with van der Waals surface area (Å²) in [5.41, 5.74) is 12.3. The molecule has 0 radical (unpaired) electrons. The van der Waals surface area contributed by atoms with Gasteiger partial charge < -0.3 is 125 Å². The summed E-state index contributed by atoms with van der Waals surface area (Å²) in [6, 6.07) is 35.8. The van der Waals surface area contributed by atoms with Crippen LogP contribution in [0.25, 0.3) is 10.4 Å². The van der Waals surface area contributed by atoms with E-state index in [0.717, 1.165) is 0 Å². The van der Waals surface area contributed by atoms with E-state index in [4.69, 9.17) is 52.1 Å². The van der Waals surface area contributed by atoms with Crippen molar-refractivity contribution in [3.05, 3.63) is 190 Å². The first kappa shape index (κ1) is 75.9. The van der Waals surface area contributed by atoms with Gasteiger partial charge in [0.05, 0.1) is 31.3 Å².